The SMILES string of the molecule is CN(C1CCCCC1)S(=O)(=O)c1ccc2c(c1)c(=O)c(C(=O)NCc1cccnc1)cn2C. The zero-order valence-corrected chi connectivity index (χ0v) is 19.6. The molecule has 1 saturated carbocycles. The molecule has 174 valence electrons. The summed E-state index contributed by atoms with van der Waals surface area (Å²) in [4.78, 5) is 30.0. The van der Waals surface area contributed by atoms with Crippen LogP contribution in [0.5, 0.6) is 0 Å². The fourth-order valence-electron chi connectivity index (χ4n) is 4.38. The molecule has 0 saturated heterocycles. The second kappa shape index (κ2) is 9.44. The van der Waals surface area contributed by atoms with Gasteiger partial charge >= 0.3 is 0 Å². The summed E-state index contributed by atoms with van der Waals surface area (Å²) in [7, 11) is -0.430. The Labute approximate surface area is 193 Å². The number of fused-ring (bicyclic) bond motifs is 1. The van der Waals surface area contributed by atoms with Crippen LogP contribution in [0.4, 0.5) is 0 Å². The molecule has 0 unspecified atom stereocenters. The molecule has 1 amide bonds. The van der Waals surface area contributed by atoms with Crippen molar-refractivity contribution in [2.24, 2.45) is 7.05 Å². The van der Waals surface area contributed by atoms with Gasteiger partial charge in [-0.1, -0.05) is 25.3 Å². The summed E-state index contributed by atoms with van der Waals surface area (Å²) in [6.45, 7) is 0.231. The molecule has 8 nitrogen and oxygen atoms in total. The number of aromatic nitrogens is 2. The second-order valence-electron chi connectivity index (χ2n) is 8.52. The lowest BCUT2D eigenvalue weighted by molar-refractivity contribution is 0.0949. The van der Waals surface area contributed by atoms with Crippen molar-refractivity contribution >= 4 is 26.8 Å². The van der Waals surface area contributed by atoms with E-state index < -0.39 is 21.4 Å². The molecule has 4 rings (SSSR count). The summed E-state index contributed by atoms with van der Waals surface area (Å²) in [5.41, 5.74) is 0.832. The minimum atomic E-state index is -3.76. The van der Waals surface area contributed by atoms with Crippen molar-refractivity contribution in [3.63, 3.8) is 0 Å². The van der Waals surface area contributed by atoms with Crippen LogP contribution in [0.1, 0.15) is 48.0 Å². The maximum atomic E-state index is 13.3. The van der Waals surface area contributed by atoms with Gasteiger partial charge in [-0.3, -0.25) is 14.6 Å². The Morgan fingerprint density at radius 3 is 2.67 bits per heavy atom. The maximum absolute atomic E-state index is 13.3. The molecule has 9 heteroatoms. The molecule has 3 aromatic rings. The number of carbonyl (C=O) groups is 1. The topological polar surface area (TPSA) is 101 Å². The van der Waals surface area contributed by atoms with Crippen LogP contribution in [0.2, 0.25) is 0 Å². The third-order valence-electron chi connectivity index (χ3n) is 6.35. The van der Waals surface area contributed by atoms with Crippen molar-refractivity contribution in [2.75, 3.05) is 7.05 Å². The highest BCUT2D eigenvalue weighted by Gasteiger charge is 2.29. The highest BCUT2D eigenvalue weighted by atomic mass is 32.2. The number of hydrogen-bond donors (Lipinski definition) is 1. The van der Waals surface area contributed by atoms with Crippen LogP contribution in [0.25, 0.3) is 10.9 Å². The Morgan fingerprint density at radius 1 is 1.21 bits per heavy atom. The van der Waals surface area contributed by atoms with Crippen molar-refractivity contribution in [3.05, 3.63) is 70.3 Å². The molecule has 1 aliphatic rings. The smallest absolute Gasteiger partial charge is 0.257 e. The molecule has 0 radical (unpaired) electrons. The molecule has 0 atom stereocenters. The van der Waals surface area contributed by atoms with Gasteiger partial charge in [-0.05, 0) is 42.7 Å². The molecule has 0 bridgehead atoms. The number of pyridine rings is 2. The summed E-state index contributed by atoms with van der Waals surface area (Å²) in [5.74, 6) is -0.520. The van der Waals surface area contributed by atoms with Crippen LogP contribution in [-0.2, 0) is 23.6 Å². The molecular formula is C24H28N4O4S. The zero-order valence-electron chi connectivity index (χ0n) is 18.8. The molecule has 1 fully saturated rings. The summed E-state index contributed by atoms with van der Waals surface area (Å²) in [6.07, 6.45) is 9.59. The van der Waals surface area contributed by atoms with E-state index in [0.29, 0.717) is 5.52 Å². The number of aryl methyl sites for hydroxylation is 1. The van der Waals surface area contributed by atoms with E-state index in [9.17, 15) is 18.0 Å². The number of hydrogen-bond acceptors (Lipinski definition) is 5. The Balaban J connectivity index is 1.67. The lowest BCUT2D eigenvalue weighted by atomic mass is 9.96. The monoisotopic (exact) mass is 468 g/mol. The van der Waals surface area contributed by atoms with Crippen LogP contribution in [0.15, 0.2) is 58.6 Å². The van der Waals surface area contributed by atoms with Gasteiger partial charge in [0.05, 0.1) is 10.4 Å². The first-order chi connectivity index (χ1) is 15.8. The normalized spacial score (nSPS) is 15.1. The Kier molecular flexibility index (Phi) is 6.62. The Morgan fingerprint density at radius 2 is 1.97 bits per heavy atom. The maximum Gasteiger partial charge on any atom is 0.257 e. The van der Waals surface area contributed by atoms with Gasteiger partial charge < -0.3 is 9.88 Å². The molecule has 1 N–H and O–H groups in total. The summed E-state index contributed by atoms with van der Waals surface area (Å²) >= 11 is 0. The average molecular weight is 469 g/mol. The fraction of sp³-hybridized carbons (Fsp3) is 0.375. The number of nitrogens with one attached hydrogen (secondary N) is 1. The van der Waals surface area contributed by atoms with E-state index in [2.05, 4.69) is 10.3 Å². The first-order valence-corrected chi connectivity index (χ1v) is 12.5. The van der Waals surface area contributed by atoms with Crippen LogP contribution in [0.3, 0.4) is 0 Å². The van der Waals surface area contributed by atoms with Gasteiger partial charge in [0.2, 0.25) is 15.5 Å². The van der Waals surface area contributed by atoms with Gasteiger partial charge in [0.1, 0.15) is 5.56 Å². The third kappa shape index (κ3) is 4.69. The van der Waals surface area contributed by atoms with E-state index in [-0.39, 0.29) is 28.4 Å². The quantitative estimate of drug-likeness (QED) is 0.600. The number of amides is 1. The van der Waals surface area contributed by atoms with Crippen molar-refractivity contribution < 1.29 is 13.2 Å². The van der Waals surface area contributed by atoms with E-state index in [4.69, 9.17) is 0 Å². The first kappa shape index (κ1) is 23.1. The number of rotatable bonds is 6. The standard InChI is InChI=1S/C24H28N4O4S/c1-27-16-21(24(30)26-15-17-7-6-12-25-14-17)23(29)20-13-19(10-11-22(20)27)33(31,32)28(2)18-8-4-3-5-9-18/h6-7,10-14,16,18H,3-5,8-9,15H2,1-2H3,(H,26,30). The van der Waals surface area contributed by atoms with Crippen LogP contribution in [0, 0.1) is 0 Å². The van der Waals surface area contributed by atoms with Crippen molar-refractivity contribution in [1.29, 1.82) is 0 Å². The largest absolute Gasteiger partial charge is 0.350 e. The van der Waals surface area contributed by atoms with Crippen molar-refractivity contribution in [2.45, 2.75) is 49.6 Å². The molecular weight excluding hydrogens is 440 g/mol. The molecule has 0 aliphatic heterocycles. The van der Waals surface area contributed by atoms with Crippen molar-refractivity contribution in [3.8, 4) is 0 Å². The van der Waals surface area contributed by atoms with Crippen LogP contribution < -0.4 is 10.7 Å². The average Bonchev–Trinajstić information content (AvgIpc) is 2.85. The predicted molar refractivity (Wildman–Crippen MR) is 126 cm³/mol. The minimum Gasteiger partial charge on any atom is -0.350 e. The summed E-state index contributed by atoms with van der Waals surface area (Å²) in [6, 6.07) is 8.10. The zero-order chi connectivity index (χ0) is 23.6. The van der Waals surface area contributed by atoms with Crippen LogP contribution >= 0.6 is 0 Å². The number of benzene rings is 1. The molecule has 0 spiro atoms. The Hall–Kier alpha value is -3.04. The lowest BCUT2D eigenvalue weighted by Gasteiger charge is -2.30. The van der Waals surface area contributed by atoms with Gasteiger partial charge in [0.15, 0.2) is 0 Å². The molecule has 2 aromatic heterocycles. The molecule has 2 heterocycles. The minimum absolute atomic E-state index is 0.0353. The first-order valence-electron chi connectivity index (χ1n) is 11.1. The summed E-state index contributed by atoms with van der Waals surface area (Å²) in [5, 5.41) is 2.93. The van der Waals surface area contributed by atoms with E-state index in [1.807, 2.05) is 6.07 Å². The second-order valence-corrected chi connectivity index (χ2v) is 10.5. The number of sulfonamides is 1. The molecule has 33 heavy (non-hydrogen) atoms. The highest BCUT2D eigenvalue weighted by molar-refractivity contribution is 7.89. The third-order valence-corrected chi connectivity index (χ3v) is 8.25. The van der Waals surface area contributed by atoms with Gasteiger partial charge in [-0.15, -0.1) is 0 Å². The van der Waals surface area contributed by atoms with E-state index in [0.717, 1.165) is 37.7 Å². The summed E-state index contributed by atoms with van der Waals surface area (Å²) < 4.78 is 29.7. The molecule has 1 aliphatic carbocycles. The lowest BCUT2D eigenvalue weighted by Crippen LogP contribution is -2.38. The van der Waals surface area contributed by atoms with E-state index >= 15 is 0 Å². The fourth-order valence-corrected chi connectivity index (χ4v) is 5.82. The van der Waals surface area contributed by atoms with Gasteiger partial charge in [-0.2, -0.15) is 4.31 Å². The van der Waals surface area contributed by atoms with Gasteiger partial charge in [0, 0.05) is 50.7 Å². The predicted octanol–water partition coefficient (Wildman–Crippen LogP) is 2.82. The molecule has 1 aromatic carbocycles. The van der Waals surface area contributed by atoms with Gasteiger partial charge in [-0.25, -0.2) is 8.42 Å². The van der Waals surface area contributed by atoms with E-state index in [1.165, 1.54) is 22.6 Å². The van der Waals surface area contributed by atoms with Crippen molar-refractivity contribution in [1.82, 2.24) is 19.2 Å². The Bertz CT molecular complexity index is 1330. The number of carbonyl (C=O) groups excluding carboxylic acids is 1. The van der Waals surface area contributed by atoms with E-state index in [1.54, 1.807) is 43.2 Å². The highest BCUT2D eigenvalue weighted by Crippen LogP contribution is 2.27. The van der Waals surface area contributed by atoms with Gasteiger partial charge in [0.25, 0.3) is 5.91 Å². The van der Waals surface area contributed by atoms with Crippen LogP contribution in [-0.4, -0.2) is 41.3 Å². The number of nitrogens with zero attached hydrogens (tertiary/aromatic N) is 3.